The maximum Gasteiger partial charge on any atom is 0.344 e. The van der Waals surface area contributed by atoms with E-state index >= 15 is 0 Å². The fourth-order valence-corrected chi connectivity index (χ4v) is 1.53. The van der Waals surface area contributed by atoms with Gasteiger partial charge in [0.15, 0.2) is 11.5 Å². The third-order valence-electron chi connectivity index (χ3n) is 2.41. The molecule has 8 heteroatoms. The van der Waals surface area contributed by atoms with Gasteiger partial charge < -0.3 is 19.7 Å². The van der Waals surface area contributed by atoms with Gasteiger partial charge in [-0.05, 0) is 13.8 Å². The number of nitrogens with one attached hydrogen (secondary N) is 2. The van der Waals surface area contributed by atoms with Crippen LogP contribution in [0.3, 0.4) is 0 Å². The lowest BCUT2D eigenvalue weighted by atomic mass is 9.92. The molecule has 0 spiro atoms. The number of carbonyl (C=O) groups is 2. The summed E-state index contributed by atoms with van der Waals surface area (Å²) in [4.78, 5) is 23.2. The maximum atomic E-state index is 11.6. The van der Waals surface area contributed by atoms with Gasteiger partial charge in [0.1, 0.15) is 22.6 Å². The van der Waals surface area contributed by atoms with Crippen LogP contribution in [0.2, 0.25) is 0 Å². The Balaban J connectivity index is 3.28. The van der Waals surface area contributed by atoms with E-state index in [0.29, 0.717) is 0 Å². The van der Waals surface area contributed by atoms with Crippen molar-refractivity contribution in [1.29, 1.82) is 10.8 Å². The number of hydrogen-bond donors (Lipinski definition) is 4. The Hall–Kier alpha value is -2.64. The minimum Gasteiger partial charge on any atom is -0.505 e. The SMILES string of the molecule is CCOC(=O)C1=C(O)C(=N)C(C(=O)OCC)=C(O)C1=N. The largest absolute Gasteiger partial charge is 0.505 e. The van der Waals surface area contributed by atoms with Crippen molar-refractivity contribution in [1.82, 2.24) is 0 Å². The summed E-state index contributed by atoms with van der Waals surface area (Å²) in [7, 11) is 0. The second-order valence-electron chi connectivity index (χ2n) is 3.64. The van der Waals surface area contributed by atoms with Gasteiger partial charge in [-0.3, -0.25) is 10.8 Å². The van der Waals surface area contributed by atoms with E-state index in [1.54, 1.807) is 0 Å². The Kier molecular flexibility index (Phi) is 4.63. The van der Waals surface area contributed by atoms with Gasteiger partial charge in [0.2, 0.25) is 0 Å². The summed E-state index contributed by atoms with van der Waals surface area (Å²) in [5, 5.41) is 34.8. The topological polar surface area (TPSA) is 141 Å². The molecule has 0 fully saturated rings. The molecule has 0 amide bonds. The van der Waals surface area contributed by atoms with Crippen LogP contribution in [0.15, 0.2) is 22.7 Å². The molecule has 0 saturated carbocycles. The second kappa shape index (κ2) is 6.00. The highest BCUT2D eigenvalue weighted by Gasteiger charge is 2.38. The van der Waals surface area contributed by atoms with E-state index in [2.05, 4.69) is 9.47 Å². The highest BCUT2D eigenvalue weighted by atomic mass is 16.5. The number of esters is 2. The van der Waals surface area contributed by atoms with Gasteiger partial charge in [-0.15, -0.1) is 0 Å². The molecule has 108 valence electrons. The van der Waals surface area contributed by atoms with E-state index in [1.807, 2.05) is 0 Å². The molecule has 1 aliphatic carbocycles. The van der Waals surface area contributed by atoms with Crippen LogP contribution in [0.25, 0.3) is 0 Å². The first-order valence-corrected chi connectivity index (χ1v) is 5.76. The molecule has 1 rings (SSSR count). The Bertz CT molecular complexity index is 508. The number of ether oxygens (including phenoxy) is 2. The van der Waals surface area contributed by atoms with E-state index in [1.165, 1.54) is 13.8 Å². The van der Waals surface area contributed by atoms with E-state index in [9.17, 15) is 19.8 Å². The molecule has 0 saturated heterocycles. The molecular weight excluding hydrogens is 268 g/mol. The van der Waals surface area contributed by atoms with Crippen molar-refractivity contribution in [3.8, 4) is 0 Å². The Morgan fingerprint density at radius 1 is 0.900 bits per heavy atom. The number of hydrogen-bond acceptors (Lipinski definition) is 8. The van der Waals surface area contributed by atoms with Crippen LogP contribution in [0.4, 0.5) is 0 Å². The normalized spacial score (nSPS) is 15.5. The molecule has 0 atom stereocenters. The fraction of sp³-hybridized carbons (Fsp3) is 0.333. The minimum absolute atomic E-state index is 0.00850. The zero-order valence-electron chi connectivity index (χ0n) is 10.9. The van der Waals surface area contributed by atoms with Crippen LogP contribution in [0, 0.1) is 10.8 Å². The molecule has 0 radical (unpaired) electrons. The monoisotopic (exact) mass is 282 g/mol. The Morgan fingerprint density at radius 2 is 1.20 bits per heavy atom. The van der Waals surface area contributed by atoms with Crippen molar-refractivity contribution in [3.05, 3.63) is 22.7 Å². The lowest BCUT2D eigenvalue weighted by Crippen LogP contribution is -2.32. The molecule has 0 aromatic carbocycles. The van der Waals surface area contributed by atoms with Gasteiger partial charge in [-0.25, -0.2) is 9.59 Å². The van der Waals surface area contributed by atoms with E-state index in [0.717, 1.165) is 0 Å². The first-order chi connectivity index (χ1) is 9.36. The summed E-state index contributed by atoms with van der Waals surface area (Å²) in [6, 6.07) is 0. The summed E-state index contributed by atoms with van der Waals surface area (Å²) < 4.78 is 9.24. The lowest BCUT2D eigenvalue weighted by molar-refractivity contribution is -0.139. The molecule has 8 nitrogen and oxygen atoms in total. The van der Waals surface area contributed by atoms with E-state index in [4.69, 9.17) is 10.8 Å². The first kappa shape index (κ1) is 15.4. The quantitative estimate of drug-likeness (QED) is 0.443. The Morgan fingerprint density at radius 3 is 1.45 bits per heavy atom. The molecule has 20 heavy (non-hydrogen) atoms. The summed E-state index contributed by atoms with van der Waals surface area (Å²) in [6.45, 7) is 3.02. The average molecular weight is 282 g/mol. The summed E-state index contributed by atoms with van der Waals surface area (Å²) in [5.41, 5.74) is -2.91. The Labute approximate surface area is 114 Å². The van der Waals surface area contributed by atoms with Gasteiger partial charge in [0, 0.05) is 0 Å². The second-order valence-corrected chi connectivity index (χ2v) is 3.64. The highest BCUT2D eigenvalue weighted by Crippen LogP contribution is 2.24. The van der Waals surface area contributed by atoms with Gasteiger partial charge in [0.25, 0.3) is 0 Å². The van der Waals surface area contributed by atoms with E-state index < -0.39 is 46.0 Å². The van der Waals surface area contributed by atoms with Crippen LogP contribution in [0.1, 0.15) is 13.8 Å². The van der Waals surface area contributed by atoms with Crippen molar-refractivity contribution in [2.45, 2.75) is 13.8 Å². The van der Waals surface area contributed by atoms with E-state index in [-0.39, 0.29) is 13.2 Å². The van der Waals surface area contributed by atoms with Crippen LogP contribution in [-0.2, 0) is 19.1 Å². The molecule has 1 aliphatic rings. The average Bonchev–Trinajstić information content (AvgIpc) is 2.37. The molecule has 0 heterocycles. The fourth-order valence-electron chi connectivity index (χ4n) is 1.53. The number of rotatable bonds is 4. The van der Waals surface area contributed by atoms with Gasteiger partial charge in [0.05, 0.1) is 13.2 Å². The summed E-state index contributed by atoms with van der Waals surface area (Å²) >= 11 is 0. The number of carbonyl (C=O) groups excluding carboxylic acids is 2. The van der Waals surface area contributed by atoms with Crippen LogP contribution >= 0.6 is 0 Å². The molecule has 0 bridgehead atoms. The smallest absolute Gasteiger partial charge is 0.344 e. The lowest BCUT2D eigenvalue weighted by Gasteiger charge is -2.19. The molecule has 0 aromatic heterocycles. The molecule has 0 aliphatic heterocycles. The summed E-state index contributed by atoms with van der Waals surface area (Å²) in [5.74, 6) is -3.94. The number of aliphatic hydroxyl groups is 2. The van der Waals surface area contributed by atoms with Gasteiger partial charge in [-0.2, -0.15) is 0 Å². The molecule has 0 unspecified atom stereocenters. The van der Waals surface area contributed by atoms with Gasteiger partial charge in [-0.1, -0.05) is 0 Å². The standard InChI is InChI=1S/C12H14N2O6/c1-3-19-11(17)5-7(13)10(16)6(8(14)9(5)15)12(18)20-4-2/h13-16H,3-4H2,1-2H3. The van der Waals surface area contributed by atoms with Crippen molar-refractivity contribution < 1.29 is 29.3 Å². The number of allylic oxidation sites excluding steroid dienone is 2. The molecule has 4 N–H and O–H groups in total. The molecule has 0 aromatic rings. The zero-order chi connectivity index (χ0) is 15.4. The van der Waals surface area contributed by atoms with Crippen molar-refractivity contribution in [3.63, 3.8) is 0 Å². The van der Waals surface area contributed by atoms with Crippen LogP contribution < -0.4 is 0 Å². The third-order valence-corrected chi connectivity index (χ3v) is 2.41. The van der Waals surface area contributed by atoms with Crippen LogP contribution in [-0.4, -0.2) is 46.8 Å². The maximum absolute atomic E-state index is 11.6. The number of aliphatic hydroxyl groups excluding tert-OH is 2. The first-order valence-electron chi connectivity index (χ1n) is 5.76. The highest BCUT2D eigenvalue weighted by molar-refractivity contribution is 6.39. The van der Waals surface area contributed by atoms with Gasteiger partial charge >= 0.3 is 11.9 Å². The van der Waals surface area contributed by atoms with Crippen molar-refractivity contribution in [2.24, 2.45) is 0 Å². The minimum atomic E-state index is -1.06. The third kappa shape index (κ3) is 2.53. The van der Waals surface area contributed by atoms with Crippen molar-refractivity contribution >= 4 is 23.4 Å². The predicted octanol–water partition coefficient (Wildman–Crippen LogP) is 0.790. The zero-order valence-corrected chi connectivity index (χ0v) is 10.9. The van der Waals surface area contributed by atoms with Crippen LogP contribution in [0.5, 0.6) is 0 Å². The molecular formula is C12H14N2O6. The predicted molar refractivity (Wildman–Crippen MR) is 68.0 cm³/mol. The van der Waals surface area contributed by atoms with Crippen molar-refractivity contribution in [2.75, 3.05) is 13.2 Å². The summed E-state index contributed by atoms with van der Waals surface area (Å²) in [6.07, 6.45) is 0.